The van der Waals surface area contributed by atoms with E-state index >= 15 is 0 Å². The molecule has 2 aromatic carbocycles. The average Bonchev–Trinajstić information content (AvgIpc) is 3.36. The van der Waals surface area contributed by atoms with Crippen LogP contribution in [0.4, 0.5) is 17.2 Å². The second-order valence-electron chi connectivity index (χ2n) is 8.87. The number of halogens is 1. The van der Waals surface area contributed by atoms with Crippen LogP contribution in [0, 0.1) is 16.2 Å². The number of anilines is 2. The first-order chi connectivity index (χ1) is 17.4. The van der Waals surface area contributed by atoms with E-state index < -0.39 is 5.54 Å². The molecule has 0 bridgehead atoms. The van der Waals surface area contributed by atoms with E-state index in [9.17, 15) is 14.5 Å². The Kier molecular flexibility index (Phi) is 7.20. The third-order valence-corrected chi connectivity index (χ3v) is 7.01. The molecule has 1 spiro atoms. The SMILES string of the molecule is N#Cc1ccc(N2CCC3(C2)C(=O)N(c2ccc([NH+]=O)cc2)CC(=O)N3Cc2ccc(Cl)cc2)nc1.[OH-]. The van der Waals surface area contributed by atoms with Gasteiger partial charge in [0, 0.05) is 52.2 Å². The summed E-state index contributed by atoms with van der Waals surface area (Å²) in [6.07, 6.45) is 1.92. The molecule has 2 saturated heterocycles. The number of piperazine rings is 1. The van der Waals surface area contributed by atoms with E-state index in [1.54, 1.807) is 53.4 Å². The minimum atomic E-state index is -1.11. The lowest BCUT2D eigenvalue weighted by molar-refractivity contribution is -0.379. The number of carbonyl (C=O) groups is 2. The second kappa shape index (κ2) is 10.3. The lowest BCUT2D eigenvalue weighted by Gasteiger charge is -2.47. The Morgan fingerprint density at radius 3 is 2.41 bits per heavy atom. The van der Waals surface area contributed by atoms with E-state index in [0.717, 1.165) is 5.56 Å². The van der Waals surface area contributed by atoms with Gasteiger partial charge in [-0.2, -0.15) is 5.26 Å². The summed E-state index contributed by atoms with van der Waals surface area (Å²) in [7, 11) is 0. The Balaban J connectivity index is 0.00000320. The number of hydrogen-bond donors (Lipinski definition) is 1. The van der Waals surface area contributed by atoms with Crippen LogP contribution in [0.5, 0.6) is 0 Å². The van der Waals surface area contributed by atoms with Crippen LogP contribution in [-0.4, -0.2) is 52.3 Å². The van der Waals surface area contributed by atoms with Crippen LogP contribution in [0.2, 0.25) is 5.02 Å². The standard InChI is InChI=1S/C26H21ClN6O3.H2O/c27-20-4-1-18(2-5-20)15-33-24(34)16-32(22-8-6-21(30-36)7-9-22)25(35)26(33)11-12-31(17-26)23-10-3-19(13-28)14-29-23;/h1-10,14H,11-12,15-17H2;1H2. The minimum absolute atomic E-state index is 0. The smallest absolute Gasteiger partial charge is 0.255 e. The second-order valence-corrected chi connectivity index (χ2v) is 9.30. The zero-order valence-electron chi connectivity index (χ0n) is 19.7. The molecule has 2 fully saturated rings. The normalized spacial score (nSPS) is 19.1. The van der Waals surface area contributed by atoms with Gasteiger partial charge in [-0.3, -0.25) is 9.59 Å². The summed E-state index contributed by atoms with van der Waals surface area (Å²) in [6, 6.07) is 19.2. The molecule has 11 heteroatoms. The van der Waals surface area contributed by atoms with Gasteiger partial charge in [0.25, 0.3) is 11.6 Å². The summed E-state index contributed by atoms with van der Waals surface area (Å²) in [4.78, 5) is 48.2. The Hall–Kier alpha value is -4.33. The molecule has 0 aliphatic carbocycles. The van der Waals surface area contributed by atoms with Crippen LogP contribution >= 0.6 is 11.6 Å². The van der Waals surface area contributed by atoms with Crippen molar-refractivity contribution in [3.05, 3.63) is 87.9 Å². The molecule has 37 heavy (non-hydrogen) atoms. The molecule has 1 aromatic heterocycles. The van der Waals surface area contributed by atoms with Gasteiger partial charge in [0.15, 0.2) is 0 Å². The maximum absolute atomic E-state index is 14.1. The summed E-state index contributed by atoms with van der Waals surface area (Å²) in [6.45, 7) is 0.944. The molecular formula is C26H23ClN6O4. The maximum Gasteiger partial charge on any atom is 0.255 e. The number of amides is 2. The number of aromatic nitrogens is 1. The van der Waals surface area contributed by atoms with Crippen molar-refractivity contribution >= 4 is 40.6 Å². The van der Waals surface area contributed by atoms with Crippen molar-refractivity contribution in [3.8, 4) is 6.07 Å². The lowest BCUT2D eigenvalue weighted by atomic mass is 9.90. The van der Waals surface area contributed by atoms with Crippen LogP contribution in [0.25, 0.3) is 0 Å². The van der Waals surface area contributed by atoms with Gasteiger partial charge in [-0.15, -0.1) is 0 Å². The third-order valence-electron chi connectivity index (χ3n) is 6.75. The first-order valence-electron chi connectivity index (χ1n) is 11.4. The molecule has 10 nitrogen and oxygen atoms in total. The van der Waals surface area contributed by atoms with Crippen molar-refractivity contribution in [2.75, 3.05) is 29.4 Å². The fraction of sp³-hybridized carbons (Fsp3) is 0.231. The van der Waals surface area contributed by atoms with E-state index in [1.807, 2.05) is 22.2 Å². The number of nitriles is 1. The Morgan fingerprint density at radius 2 is 1.78 bits per heavy atom. The third kappa shape index (κ3) is 4.74. The summed E-state index contributed by atoms with van der Waals surface area (Å²) >= 11 is 6.04. The van der Waals surface area contributed by atoms with Crippen LogP contribution < -0.4 is 15.0 Å². The van der Waals surface area contributed by atoms with Crippen molar-refractivity contribution < 1.29 is 20.2 Å². The number of hydrogen-bond acceptors (Lipinski definition) is 7. The number of nitroso groups, excluding NO2 is 1. The zero-order valence-corrected chi connectivity index (χ0v) is 20.4. The number of rotatable bonds is 5. The van der Waals surface area contributed by atoms with Gasteiger partial charge in [-0.25, -0.2) is 4.98 Å². The van der Waals surface area contributed by atoms with Crippen LogP contribution in [-0.2, 0) is 16.1 Å². The quantitative estimate of drug-likeness (QED) is 0.543. The monoisotopic (exact) mass is 518 g/mol. The van der Waals surface area contributed by atoms with Crippen LogP contribution in [0.3, 0.4) is 0 Å². The van der Waals surface area contributed by atoms with Gasteiger partial charge in [-0.05, 0) is 48.4 Å². The van der Waals surface area contributed by atoms with E-state index in [-0.39, 0.29) is 36.9 Å². The van der Waals surface area contributed by atoms with Gasteiger partial charge in [-0.1, -0.05) is 23.7 Å². The number of nitrogens with zero attached hydrogens (tertiary/aromatic N) is 5. The Bertz CT molecular complexity index is 1360. The van der Waals surface area contributed by atoms with Crippen LogP contribution in [0.15, 0.2) is 66.9 Å². The molecule has 0 saturated carbocycles. The highest BCUT2D eigenvalue weighted by Crippen LogP contribution is 2.38. The van der Waals surface area contributed by atoms with E-state index in [4.69, 9.17) is 16.9 Å². The number of pyridine rings is 1. The van der Waals surface area contributed by atoms with E-state index in [2.05, 4.69) is 11.1 Å². The summed E-state index contributed by atoms with van der Waals surface area (Å²) < 4.78 is 0. The highest BCUT2D eigenvalue weighted by molar-refractivity contribution is 6.30. The zero-order chi connectivity index (χ0) is 25.3. The fourth-order valence-electron chi connectivity index (χ4n) is 4.85. The Morgan fingerprint density at radius 1 is 1.05 bits per heavy atom. The lowest BCUT2D eigenvalue weighted by Crippen LogP contribution is -2.69. The molecule has 0 radical (unpaired) electrons. The molecule has 3 aromatic rings. The summed E-state index contributed by atoms with van der Waals surface area (Å²) in [5, 5.41) is 11.5. The first-order valence-corrected chi connectivity index (χ1v) is 11.8. The maximum atomic E-state index is 14.1. The highest BCUT2D eigenvalue weighted by Gasteiger charge is 2.56. The van der Waals surface area contributed by atoms with Gasteiger partial charge >= 0.3 is 0 Å². The van der Waals surface area contributed by atoms with Crippen molar-refractivity contribution in [2.24, 2.45) is 0 Å². The average molecular weight is 519 g/mol. The number of carbonyl (C=O) groups excluding carboxylic acids is 2. The molecule has 2 aliphatic rings. The predicted octanol–water partition coefficient (Wildman–Crippen LogP) is 1.93. The largest absolute Gasteiger partial charge is 0.870 e. The van der Waals surface area contributed by atoms with E-state index in [1.165, 1.54) is 11.1 Å². The molecule has 1 atom stereocenters. The van der Waals surface area contributed by atoms with Crippen LogP contribution in [0.1, 0.15) is 17.5 Å². The van der Waals surface area contributed by atoms with Crippen molar-refractivity contribution in [3.63, 3.8) is 0 Å². The molecule has 1 unspecified atom stereocenters. The molecule has 5 rings (SSSR count). The molecule has 2 aliphatic heterocycles. The molecule has 2 amide bonds. The van der Waals surface area contributed by atoms with Gasteiger partial charge < -0.3 is 20.2 Å². The molecular weight excluding hydrogens is 496 g/mol. The van der Waals surface area contributed by atoms with Gasteiger partial charge in [0.05, 0.1) is 12.1 Å². The first kappa shape index (κ1) is 25.8. The fourth-order valence-corrected chi connectivity index (χ4v) is 4.98. The predicted molar refractivity (Wildman–Crippen MR) is 135 cm³/mol. The van der Waals surface area contributed by atoms with Crippen molar-refractivity contribution in [1.82, 2.24) is 9.88 Å². The molecule has 3 heterocycles. The Labute approximate surface area is 218 Å². The van der Waals surface area contributed by atoms with Crippen molar-refractivity contribution in [1.29, 1.82) is 5.26 Å². The number of benzene rings is 2. The van der Waals surface area contributed by atoms with Gasteiger partial charge in [0.2, 0.25) is 5.91 Å². The summed E-state index contributed by atoms with van der Waals surface area (Å²) in [5.41, 5.74) is 1.12. The van der Waals surface area contributed by atoms with Crippen molar-refractivity contribution in [2.45, 2.75) is 18.5 Å². The topological polar surface area (TPSA) is 142 Å². The van der Waals surface area contributed by atoms with Gasteiger partial charge in [0.1, 0.15) is 24.0 Å². The minimum Gasteiger partial charge on any atom is -0.870 e. The highest BCUT2D eigenvalue weighted by atomic mass is 35.5. The summed E-state index contributed by atoms with van der Waals surface area (Å²) in [5.74, 6) is 0.279. The number of nitrogens with one attached hydrogen (secondary N) is 1. The molecule has 2 N–H and O–H groups in total. The van der Waals surface area contributed by atoms with E-state index in [0.29, 0.717) is 40.7 Å². The molecule has 188 valence electrons.